The quantitative estimate of drug-likeness (QED) is 0.0155. The van der Waals surface area contributed by atoms with Gasteiger partial charge in [-0.25, -0.2) is 4.57 Å². The molecule has 0 spiro atoms. The highest BCUT2D eigenvalue weighted by Crippen LogP contribution is 2.43. The standard InChI is InChI=1S/C46H82NO12P/c1-6-8-10-11-12-13-14-15-16-17-18-19-20-21-27-31-45(51)58-40(38-57-60(53,54)56-35-34-47(3,4)5)37-55-44(50)30-26-23-22-25-29-41-42(49)36-46(52)59-43(41)33-32-39(48)28-24-9-7-2/h12-13,15-16,22,25,32-33,39-43,46,48-49,52H,6-11,14,17-21,23-24,26-31,34-38H2,1-5H3/p+1/b13-12-,16-15-,25-22-,33-32+/t39-,40+,41-,42-,43+,46?/m0/s1. The van der Waals surface area contributed by atoms with Crippen molar-refractivity contribution in [1.29, 1.82) is 0 Å². The van der Waals surface area contributed by atoms with Gasteiger partial charge in [0.2, 0.25) is 0 Å². The Morgan fingerprint density at radius 2 is 1.40 bits per heavy atom. The van der Waals surface area contributed by atoms with Crippen LogP contribution in [0.3, 0.4) is 0 Å². The van der Waals surface area contributed by atoms with Crippen molar-refractivity contribution in [2.75, 3.05) is 47.5 Å². The third kappa shape index (κ3) is 31.6. The Kier molecular flexibility index (Phi) is 31.9. The van der Waals surface area contributed by atoms with Crippen molar-refractivity contribution in [3.63, 3.8) is 0 Å². The van der Waals surface area contributed by atoms with Crippen molar-refractivity contribution in [3.8, 4) is 0 Å². The maximum absolute atomic E-state index is 12.7. The number of likely N-dealkylation sites (N-methyl/N-ethyl adjacent to an activating group) is 1. The molecule has 0 aliphatic carbocycles. The van der Waals surface area contributed by atoms with Crippen LogP contribution in [0, 0.1) is 5.92 Å². The smallest absolute Gasteiger partial charge is 0.462 e. The first-order valence-electron chi connectivity index (χ1n) is 22.8. The van der Waals surface area contributed by atoms with Gasteiger partial charge in [0.25, 0.3) is 0 Å². The summed E-state index contributed by atoms with van der Waals surface area (Å²) >= 11 is 0. The van der Waals surface area contributed by atoms with Crippen LogP contribution in [0.15, 0.2) is 48.6 Å². The fraction of sp³-hybridized carbons (Fsp3) is 0.783. The van der Waals surface area contributed by atoms with E-state index in [-0.39, 0.29) is 38.4 Å². The van der Waals surface area contributed by atoms with E-state index >= 15 is 0 Å². The molecule has 14 heteroatoms. The average molecular weight is 873 g/mol. The average Bonchev–Trinajstić information content (AvgIpc) is 3.18. The summed E-state index contributed by atoms with van der Waals surface area (Å²) in [6.45, 7) is 3.95. The summed E-state index contributed by atoms with van der Waals surface area (Å²) in [6, 6.07) is 0. The minimum Gasteiger partial charge on any atom is -0.462 e. The summed E-state index contributed by atoms with van der Waals surface area (Å²) in [5.74, 6) is -1.32. The predicted octanol–water partition coefficient (Wildman–Crippen LogP) is 8.79. The van der Waals surface area contributed by atoms with Gasteiger partial charge < -0.3 is 38.9 Å². The fourth-order valence-electron chi connectivity index (χ4n) is 6.43. The molecule has 1 heterocycles. The van der Waals surface area contributed by atoms with Crippen molar-refractivity contribution in [2.24, 2.45) is 5.92 Å². The predicted molar refractivity (Wildman–Crippen MR) is 237 cm³/mol. The lowest BCUT2D eigenvalue weighted by Gasteiger charge is -2.36. The number of rotatable bonds is 36. The van der Waals surface area contributed by atoms with Gasteiger partial charge in [0.15, 0.2) is 12.4 Å². The number of hydrogen-bond acceptors (Lipinski definition) is 11. The van der Waals surface area contributed by atoms with Gasteiger partial charge in [0.1, 0.15) is 19.8 Å². The van der Waals surface area contributed by atoms with Gasteiger partial charge in [0, 0.05) is 25.2 Å². The number of allylic oxidation sites excluding steroid dienone is 6. The largest absolute Gasteiger partial charge is 0.472 e. The molecular weight excluding hydrogens is 789 g/mol. The molecule has 0 saturated carbocycles. The lowest BCUT2D eigenvalue weighted by molar-refractivity contribution is -0.870. The van der Waals surface area contributed by atoms with E-state index in [0.29, 0.717) is 43.1 Å². The highest BCUT2D eigenvalue weighted by molar-refractivity contribution is 7.47. The van der Waals surface area contributed by atoms with Crippen molar-refractivity contribution < 1.29 is 62.1 Å². The molecule has 1 fully saturated rings. The van der Waals surface area contributed by atoms with Gasteiger partial charge in [-0.05, 0) is 64.2 Å². The van der Waals surface area contributed by atoms with Gasteiger partial charge in [-0.1, -0.05) is 114 Å². The lowest BCUT2D eigenvalue weighted by atomic mass is 9.87. The molecule has 13 nitrogen and oxygen atoms in total. The number of aliphatic hydroxyl groups is 3. The normalized spacial score (nSPS) is 20.9. The third-order valence-corrected chi connectivity index (χ3v) is 11.1. The van der Waals surface area contributed by atoms with Crippen LogP contribution in [-0.2, 0) is 37.4 Å². The van der Waals surface area contributed by atoms with E-state index in [2.05, 4.69) is 38.2 Å². The van der Waals surface area contributed by atoms with E-state index in [9.17, 15) is 34.4 Å². The highest BCUT2D eigenvalue weighted by atomic mass is 31.2. The van der Waals surface area contributed by atoms with E-state index in [4.69, 9.17) is 23.3 Å². The van der Waals surface area contributed by atoms with E-state index in [0.717, 1.165) is 64.2 Å². The molecule has 1 saturated heterocycles. The number of carbonyl (C=O) groups excluding carboxylic acids is 2. The molecule has 4 N–H and O–H groups in total. The molecule has 60 heavy (non-hydrogen) atoms. The molecular formula is C46H83NO12P+. The number of aliphatic hydroxyl groups excluding tert-OH is 3. The van der Waals surface area contributed by atoms with Gasteiger partial charge in [-0.3, -0.25) is 18.6 Å². The van der Waals surface area contributed by atoms with Crippen LogP contribution in [0.1, 0.15) is 149 Å². The molecule has 0 aromatic rings. The maximum Gasteiger partial charge on any atom is 0.472 e. The molecule has 7 atom stereocenters. The molecule has 1 aliphatic heterocycles. The number of unbranched alkanes of at least 4 members (excludes halogenated alkanes) is 11. The van der Waals surface area contributed by atoms with Crippen LogP contribution < -0.4 is 0 Å². The van der Waals surface area contributed by atoms with E-state index in [1.54, 1.807) is 12.2 Å². The summed E-state index contributed by atoms with van der Waals surface area (Å²) in [7, 11) is 1.31. The van der Waals surface area contributed by atoms with Crippen LogP contribution in [0.2, 0.25) is 0 Å². The zero-order valence-electron chi connectivity index (χ0n) is 37.7. The molecule has 2 unspecified atom stereocenters. The molecule has 0 aromatic heterocycles. The van der Waals surface area contributed by atoms with Gasteiger partial charge in [-0.15, -0.1) is 0 Å². The second-order valence-corrected chi connectivity index (χ2v) is 18.4. The van der Waals surface area contributed by atoms with E-state index < -0.39 is 57.1 Å². The highest BCUT2D eigenvalue weighted by Gasteiger charge is 2.35. The van der Waals surface area contributed by atoms with Crippen molar-refractivity contribution in [1.82, 2.24) is 0 Å². The van der Waals surface area contributed by atoms with Gasteiger partial charge in [-0.2, -0.15) is 0 Å². The van der Waals surface area contributed by atoms with Crippen LogP contribution >= 0.6 is 7.82 Å². The Morgan fingerprint density at radius 3 is 2.10 bits per heavy atom. The molecule has 1 rings (SSSR count). The summed E-state index contributed by atoms with van der Waals surface area (Å²) < 4.78 is 39.9. The van der Waals surface area contributed by atoms with Crippen LogP contribution in [0.25, 0.3) is 0 Å². The first-order chi connectivity index (χ1) is 28.7. The third-order valence-electron chi connectivity index (χ3n) is 10.1. The summed E-state index contributed by atoms with van der Waals surface area (Å²) in [5.41, 5.74) is 0. The number of ether oxygens (including phenoxy) is 3. The molecule has 0 bridgehead atoms. The van der Waals surface area contributed by atoms with Crippen molar-refractivity contribution >= 4 is 19.8 Å². The van der Waals surface area contributed by atoms with Gasteiger partial charge >= 0.3 is 19.8 Å². The van der Waals surface area contributed by atoms with Crippen molar-refractivity contribution in [3.05, 3.63) is 48.6 Å². The number of phosphoric acid groups is 1. The number of nitrogens with zero attached hydrogens (tertiary/aromatic N) is 1. The SMILES string of the molecule is CCCCC/C=C\C/C=C\CCCCCCCC(=O)O[C@H](COC(=O)CCC/C=C\C[C@H]1[C@@H](O)CC(O)O[C@@H]1/C=C/[C@@H](O)CCCCC)COP(=O)(O)OCC[N+](C)(C)C. The minimum atomic E-state index is -4.45. The Balaban J connectivity index is 2.54. The number of esters is 2. The van der Waals surface area contributed by atoms with Crippen molar-refractivity contribution in [2.45, 2.75) is 179 Å². The Morgan fingerprint density at radius 1 is 0.783 bits per heavy atom. The fourth-order valence-corrected chi connectivity index (χ4v) is 7.18. The Bertz CT molecular complexity index is 1280. The Hall–Kier alpha value is -2.19. The van der Waals surface area contributed by atoms with Crippen LogP contribution in [0.5, 0.6) is 0 Å². The number of hydrogen-bond donors (Lipinski definition) is 4. The number of quaternary nitrogens is 1. The molecule has 0 amide bonds. The van der Waals surface area contributed by atoms with E-state index in [1.165, 1.54) is 19.3 Å². The number of phosphoric ester groups is 1. The molecule has 0 aromatic carbocycles. The molecule has 0 radical (unpaired) electrons. The first-order valence-corrected chi connectivity index (χ1v) is 24.3. The lowest BCUT2D eigenvalue weighted by Crippen LogP contribution is -2.43. The van der Waals surface area contributed by atoms with Gasteiger partial charge in [0.05, 0.1) is 46.1 Å². The monoisotopic (exact) mass is 873 g/mol. The minimum absolute atomic E-state index is 0.0168. The molecule has 1 aliphatic rings. The maximum atomic E-state index is 12.7. The summed E-state index contributed by atoms with van der Waals surface area (Å²) in [5, 5.41) is 31.0. The zero-order valence-corrected chi connectivity index (χ0v) is 38.6. The summed E-state index contributed by atoms with van der Waals surface area (Å²) in [6.07, 6.45) is 29.2. The number of carbonyl (C=O) groups is 2. The second kappa shape index (κ2) is 34.3. The second-order valence-electron chi connectivity index (χ2n) is 17.0. The molecule has 348 valence electrons. The van der Waals surface area contributed by atoms with Crippen LogP contribution in [-0.4, -0.2) is 115 Å². The Labute approximate surface area is 362 Å². The first kappa shape index (κ1) is 55.8. The topological polar surface area (TPSA) is 178 Å². The van der Waals surface area contributed by atoms with Crippen LogP contribution in [0.4, 0.5) is 0 Å². The van der Waals surface area contributed by atoms with E-state index in [1.807, 2.05) is 33.3 Å². The summed E-state index contributed by atoms with van der Waals surface area (Å²) in [4.78, 5) is 35.6. The zero-order chi connectivity index (χ0) is 44.5.